The van der Waals surface area contributed by atoms with E-state index < -0.39 is 0 Å². The Morgan fingerprint density at radius 1 is 1.27 bits per heavy atom. The van der Waals surface area contributed by atoms with Gasteiger partial charge < -0.3 is 10.1 Å². The topological polar surface area (TPSA) is 56.1 Å². The molecule has 1 aromatic heterocycles. The quantitative estimate of drug-likeness (QED) is 0.854. The number of benzene rings is 1. The summed E-state index contributed by atoms with van der Waals surface area (Å²) in [5.74, 6) is 1.77. The largest absolute Gasteiger partial charge is 0.494 e. The summed E-state index contributed by atoms with van der Waals surface area (Å²) >= 11 is 0. The molecule has 1 heterocycles. The predicted octanol–water partition coefficient (Wildman–Crippen LogP) is 3.09. The molecule has 2 rings (SSSR count). The number of rotatable bonds is 7. The van der Waals surface area contributed by atoms with Crippen molar-refractivity contribution in [3.63, 3.8) is 0 Å². The minimum absolute atomic E-state index is 0.143. The summed E-state index contributed by atoms with van der Waals surface area (Å²) < 4.78 is 7.00. The molecule has 1 N–H and O–H groups in total. The Hall–Kier alpha value is -2.30. The first kappa shape index (κ1) is 16.1. The lowest BCUT2D eigenvalue weighted by Gasteiger charge is -2.10. The Morgan fingerprint density at radius 2 is 2.00 bits per heavy atom. The summed E-state index contributed by atoms with van der Waals surface area (Å²) in [6.07, 6.45) is 4.31. The minimum atomic E-state index is -0.143. The Kier molecular flexibility index (Phi) is 5.58. The van der Waals surface area contributed by atoms with Crippen molar-refractivity contribution in [2.45, 2.75) is 27.2 Å². The smallest absolute Gasteiger partial charge is 0.297 e. The van der Waals surface area contributed by atoms with Crippen molar-refractivity contribution in [3.05, 3.63) is 47.0 Å². The van der Waals surface area contributed by atoms with Crippen LogP contribution >= 0.6 is 0 Å². The summed E-state index contributed by atoms with van der Waals surface area (Å²) in [6.45, 7) is 7.61. The number of nitrogens with zero attached hydrogens (tertiary/aromatic N) is 2. The highest BCUT2D eigenvalue weighted by Crippen LogP contribution is 2.14. The zero-order valence-corrected chi connectivity index (χ0v) is 13.4. The van der Waals surface area contributed by atoms with Crippen LogP contribution < -0.4 is 15.6 Å². The van der Waals surface area contributed by atoms with Crippen molar-refractivity contribution in [1.82, 2.24) is 9.55 Å². The summed E-state index contributed by atoms with van der Waals surface area (Å²) in [6, 6.07) is 7.45. The van der Waals surface area contributed by atoms with E-state index in [9.17, 15) is 4.79 Å². The van der Waals surface area contributed by atoms with Crippen molar-refractivity contribution in [2.75, 3.05) is 18.5 Å². The molecule has 1 aromatic carbocycles. The van der Waals surface area contributed by atoms with Crippen molar-refractivity contribution < 1.29 is 4.74 Å². The zero-order valence-electron chi connectivity index (χ0n) is 13.4. The van der Waals surface area contributed by atoms with E-state index in [0.29, 0.717) is 18.3 Å². The van der Waals surface area contributed by atoms with E-state index >= 15 is 0 Å². The highest BCUT2D eigenvalue weighted by atomic mass is 16.5. The first-order valence-electron chi connectivity index (χ1n) is 7.66. The molecular formula is C17H23N3O2. The van der Waals surface area contributed by atoms with Crippen LogP contribution in [0.5, 0.6) is 5.75 Å². The fourth-order valence-corrected chi connectivity index (χ4v) is 2.08. The van der Waals surface area contributed by atoms with Crippen molar-refractivity contribution in [2.24, 2.45) is 5.92 Å². The van der Waals surface area contributed by atoms with Crippen LogP contribution in [0.4, 0.5) is 5.82 Å². The molecule has 0 saturated carbocycles. The van der Waals surface area contributed by atoms with Gasteiger partial charge in [0.05, 0.1) is 6.61 Å². The number of hydrogen-bond acceptors (Lipinski definition) is 4. The van der Waals surface area contributed by atoms with Crippen LogP contribution in [0, 0.1) is 5.92 Å². The maximum absolute atomic E-state index is 12.5. The zero-order chi connectivity index (χ0) is 15.9. The van der Waals surface area contributed by atoms with E-state index in [4.69, 9.17) is 4.74 Å². The molecular weight excluding hydrogens is 278 g/mol. The second kappa shape index (κ2) is 7.64. The number of aromatic nitrogens is 2. The molecule has 5 nitrogen and oxygen atoms in total. The highest BCUT2D eigenvalue weighted by molar-refractivity contribution is 5.40. The standard InChI is InChI=1S/C17H23N3O2/c1-4-22-15-7-5-14(6-8-15)20-12-11-19-16(17(20)21)18-10-9-13(2)3/h5-8,11-13H,4,9-10H2,1-3H3,(H,18,19). The molecule has 0 radical (unpaired) electrons. The molecule has 0 aliphatic carbocycles. The second-order valence-electron chi connectivity index (χ2n) is 5.49. The van der Waals surface area contributed by atoms with Gasteiger partial charge >= 0.3 is 0 Å². The highest BCUT2D eigenvalue weighted by Gasteiger charge is 2.06. The maximum Gasteiger partial charge on any atom is 0.297 e. The minimum Gasteiger partial charge on any atom is -0.494 e. The molecule has 2 aromatic rings. The van der Waals surface area contributed by atoms with Crippen LogP contribution in [0.2, 0.25) is 0 Å². The predicted molar refractivity (Wildman–Crippen MR) is 88.9 cm³/mol. The molecule has 118 valence electrons. The summed E-state index contributed by atoms with van der Waals surface area (Å²) in [5, 5.41) is 3.12. The molecule has 0 amide bonds. The third-order valence-electron chi connectivity index (χ3n) is 3.28. The van der Waals surface area contributed by atoms with Crippen LogP contribution in [0.1, 0.15) is 27.2 Å². The summed E-state index contributed by atoms with van der Waals surface area (Å²) in [5.41, 5.74) is 0.651. The molecule has 22 heavy (non-hydrogen) atoms. The van der Waals surface area contributed by atoms with Gasteiger partial charge in [0, 0.05) is 24.6 Å². The molecule has 5 heteroatoms. The molecule has 0 aliphatic heterocycles. The van der Waals surface area contributed by atoms with E-state index in [1.54, 1.807) is 17.0 Å². The monoisotopic (exact) mass is 301 g/mol. The molecule has 0 unspecified atom stereocenters. The van der Waals surface area contributed by atoms with Gasteiger partial charge in [-0.1, -0.05) is 13.8 Å². The number of ether oxygens (including phenoxy) is 1. The number of anilines is 1. The van der Waals surface area contributed by atoms with Gasteiger partial charge in [0.2, 0.25) is 0 Å². The number of hydrogen-bond donors (Lipinski definition) is 1. The fourth-order valence-electron chi connectivity index (χ4n) is 2.08. The Bertz CT molecular complexity index is 648. The Labute approximate surface area is 131 Å². The van der Waals surface area contributed by atoms with Crippen LogP contribution in [0.15, 0.2) is 41.5 Å². The Morgan fingerprint density at radius 3 is 2.64 bits per heavy atom. The van der Waals surface area contributed by atoms with Gasteiger partial charge in [-0.2, -0.15) is 0 Å². The lowest BCUT2D eigenvalue weighted by atomic mass is 10.1. The molecule has 0 atom stereocenters. The average Bonchev–Trinajstić information content (AvgIpc) is 2.50. The van der Waals surface area contributed by atoms with E-state index in [1.807, 2.05) is 31.2 Å². The third-order valence-corrected chi connectivity index (χ3v) is 3.28. The fraction of sp³-hybridized carbons (Fsp3) is 0.412. The number of nitrogens with one attached hydrogen (secondary N) is 1. The third kappa shape index (κ3) is 4.10. The van der Waals surface area contributed by atoms with Gasteiger partial charge in [-0.05, 0) is 43.5 Å². The molecule has 0 saturated heterocycles. The van der Waals surface area contributed by atoms with E-state index in [-0.39, 0.29) is 5.56 Å². The van der Waals surface area contributed by atoms with E-state index in [2.05, 4.69) is 24.1 Å². The maximum atomic E-state index is 12.5. The molecule has 0 spiro atoms. The summed E-state index contributed by atoms with van der Waals surface area (Å²) in [7, 11) is 0. The lowest BCUT2D eigenvalue weighted by molar-refractivity contribution is 0.340. The van der Waals surface area contributed by atoms with Gasteiger partial charge in [0.25, 0.3) is 5.56 Å². The molecule has 0 aliphatic rings. The van der Waals surface area contributed by atoms with Crippen LogP contribution in [0.25, 0.3) is 5.69 Å². The molecule has 0 fully saturated rings. The second-order valence-corrected chi connectivity index (χ2v) is 5.49. The van der Waals surface area contributed by atoms with Crippen molar-refractivity contribution in [3.8, 4) is 11.4 Å². The van der Waals surface area contributed by atoms with E-state index in [0.717, 1.165) is 24.4 Å². The van der Waals surface area contributed by atoms with Crippen LogP contribution in [-0.2, 0) is 0 Å². The Balaban J connectivity index is 2.19. The van der Waals surface area contributed by atoms with Gasteiger partial charge in [-0.25, -0.2) is 4.98 Å². The van der Waals surface area contributed by atoms with E-state index in [1.165, 1.54) is 0 Å². The van der Waals surface area contributed by atoms with Gasteiger partial charge in [-0.3, -0.25) is 9.36 Å². The SMILES string of the molecule is CCOc1ccc(-n2ccnc(NCCC(C)C)c2=O)cc1. The lowest BCUT2D eigenvalue weighted by Crippen LogP contribution is -2.23. The van der Waals surface area contributed by atoms with Gasteiger partial charge in [0.15, 0.2) is 5.82 Å². The van der Waals surface area contributed by atoms with Crippen LogP contribution in [-0.4, -0.2) is 22.7 Å². The summed E-state index contributed by atoms with van der Waals surface area (Å²) in [4.78, 5) is 16.6. The van der Waals surface area contributed by atoms with Crippen molar-refractivity contribution >= 4 is 5.82 Å². The first-order chi connectivity index (χ1) is 10.6. The van der Waals surface area contributed by atoms with Crippen molar-refractivity contribution in [1.29, 1.82) is 0 Å². The average molecular weight is 301 g/mol. The molecule has 0 bridgehead atoms. The van der Waals surface area contributed by atoms with Gasteiger partial charge in [-0.15, -0.1) is 0 Å². The van der Waals surface area contributed by atoms with Gasteiger partial charge in [0.1, 0.15) is 5.75 Å². The normalized spacial score (nSPS) is 10.7. The van der Waals surface area contributed by atoms with Crippen LogP contribution in [0.3, 0.4) is 0 Å². The first-order valence-corrected chi connectivity index (χ1v) is 7.66.